The number of aromatic nitrogens is 1. The summed E-state index contributed by atoms with van der Waals surface area (Å²) in [5, 5.41) is 2.42. The van der Waals surface area contributed by atoms with Crippen molar-refractivity contribution >= 4 is 55.9 Å². The zero-order chi connectivity index (χ0) is 34.0. The molecular weight excluding hydrogens is 619 g/mol. The van der Waals surface area contributed by atoms with Gasteiger partial charge in [-0.1, -0.05) is 127 Å². The van der Waals surface area contributed by atoms with Crippen LogP contribution in [0.2, 0.25) is 0 Å². The second-order valence-corrected chi connectivity index (χ2v) is 12.7. The van der Waals surface area contributed by atoms with Crippen molar-refractivity contribution in [2.24, 2.45) is 0 Å². The predicted octanol–water partition coefficient (Wildman–Crippen LogP) is 13.4. The van der Waals surface area contributed by atoms with Gasteiger partial charge in [0.05, 0.1) is 11.0 Å². The highest BCUT2D eigenvalue weighted by molar-refractivity contribution is 6.11. The first-order valence-corrected chi connectivity index (χ1v) is 17.4. The lowest BCUT2D eigenvalue weighted by Gasteiger charge is -2.26. The molecule has 0 fully saturated rings. The Labute approximate surface area is 298 Å². The molecule has 51 heavy (non-hydrogen) atoms. The molecule has 0 aliphatic heterocycles. The molecule has 3 heteroatoms. The first-order chi connectivity index (χ1) is 25.3. The predicted molar refractivity (Wildman–Crippen MR) is 216 cm³/mol. The van der Waals surface area contributed by atoms with Crippen molar-refractivity contribution in [2.45, 2.75) is 0 Å². The van der Waals surface area contributed by atoms with Gasteiger partial charge in [0.25, 0.3) is 0 Å². The first kappa shape index (κ1) is 30.2. The van der Waals surface area contributed by atoms with Crippen LogP contribution in [0.5, 0.6) is 0 Å². The Morgan fingerprint density at radius 1 is 0.275 bits per heavy atom. The third-order valence-electron chi connectivity index (χ3n) is 9.54. The van der Waals surface area contributed by atoms with Gasteiger partial charge in [-0.05, 0) is 96.1 Å². The summed E-state index contributed by atoms with van der Waals surface area (Å²) in [5.41, 5.74) is 12.5. The van der Waals surface area contributed by atoms with Crippen LogP contribution < -0.4 is 9.80 Å². The summed E-state index contributed by atoms with van der Waals surface area (Å²) in [5.74, 6) is 0. The summed E-state index contributed by atoms with van der Waals surface area (Å²) in [7, 11) is 0. The topological polar surface area (TPSA) is 11.4 Å². The minimum absolute atomic E-state index is 1.09. The van der Waals surface area contributed by atoms with Crippen molar-refractivity contribution in [1.29, 1.82) is 0 Å². The van der Waals surface area contributed by atoms with Gasteiger partial charge in [0.2, 0.25) is 0 Å². The van der Waals surface area contributed by atoms with Crippen molar-refractivity contribution in [2.75, 3.05) is 9.80 Å². The van der Waals surface area contributed by atoms with E-state index in [1.165, 1.54) is 21.9 Å². The van der Waals surface area contributed by atoms with Gasteiger partial charge in [-0.3, -0.25) is 0 Å². The average molecular weight is 654 g/mol. The highest BCUT2D eigenvalue weighted by atomic mass is 15.2. The minimum Gasteiger partial charge on any atom is -0.310 e. The number of nitrogens with zero attached hydrogens (tertiary/aromatic N) is 3. The van der Waals surface area contributed by atoms with Crippen LogP contribution in [0.15, 0.2) is 212 Å². The molecule has 0 radical (unpaired) electrons. The van der Waals surface area contributed by atoms with Crippen LogP contribution in [0, 0.1) is 0 Å². The smallest absolute Gasteiger partial charge is 0.0561 e. The fourth-order valence-corrected chi connectivity index (χ4v) is 7.19. The van der Waals surface area contributed by atoms with Gasteiger partial charge < -0.3 is 14.4 Å². The Bertz CT molecular complexity index is 2510. The highest BCUT2D eigenvalue weighted by Gasteiger charge is 2.20. The number of para-hydroxylation sites is 4. The SMILES string of the molecule is c1ccc(-c2ccc(N(c3ccccc3)c3ccc4c5ccc(N(c6ccccc6)c6ccccc6)cc5n(-c5ccccc5)c4c3)cc2)cc1. The van der Waals surface area contributed by atoms with Crippen molar-refractivity contribution in [1.82, 2.24) is 4.57 Å². The average Bonchev–Trinajstić information content (AvgIpc) is 3.53. The van der Waals surface area contributed by atoms with Crippen molar-refractivity contribution in [3.8, 4) is 16.8 Å². The van der Waals surface area contributed by atoms with E-state index >= 15 is 0 Å². The lowest BCUT2D eigenvalue weighted by molar-refractivity contribution is 1.17. The normalized spacial score (nSPS) is 11.1. The Morgan fingerprint density at radius 2 is 0.608 bits per heavy atom. The van der Waals surface area contributed by atoms with Gasteiger partial charge in [0.1, 0.15) is 0 Å². The van der Waals surface area contributed by atoms with E-state index in [1.807, 2.05) is 0 Å². The maximum absolute atomic E-state index is 2.41. The molecule has 8 aromatic carbocycles. The van der Waals surface area contributed by atoms with Crippen LogP contribution in [0.25, 0.3) is 38.6 Å². The lowest BCUT2D eigenvalue weighted by Crippen LogP contribution is -2.10. The lowest BCUT2D eigenvalue weighted by atomic mass is 10.0. The van der Waals surface area contributed by atoms with E-state index in [9.17, 15) is 0 Å². The number of hydrogen-bond acceptors (Lipinski definition) is 2. The molecule has 0 N–H and O–H groups in total. The fourth-order valence-electron chi connectivity index (χ4n) is 7.19. The largest absolute Gasteiger partial charge is 0.310 e. The van der Waals surface area contributed by atoms with Gasteiger partial charge in [0, 0.05) is 50.6 Å². The van der Waals surface area contributed by atoms with E-state index in [4.69, 9.17) is 0 Å². The Kier molecular flexibility index (Phi) is 7.84. The summed E-state index contributed by atoms with van der Waals surface area (Å²) in [4.78, 5) is 4.67. The third kappa shape index (κ3) is 5.71. The van der Waals surface area contributed by atoms with Gasteiger partial charge >= 0.3 is 0 Å². The zero-order valence-corrected chi connectivity index (χ0v) is 28.0. The molecule has 9 rings (SSSR count). The molecule has 242 valence electrons. The summed E-state index contributed by atoms with van der Waals surface area (Å²) >= 11 is 0. The summed E-state index contributed by atoms with van der Waals surface area (Å²) < 4.78 is 2.41. The molecule has 0 aliphatic rings. The number of benzene rings is 8. The molecule has 0 aliphatic carbocycles. The Balaban J connectivity index is 1.24. The Morgan fingerprint density at radius 3 is 1.04 bits per heavy atom. The van der Waals surface area contributed by atoms with Gasteiger partial charge in [0.15, 0.2) is 0 Å². The van der Waals surface area contributed by atoms with Crippen LogP contribution in [0.1, 0.15) is 0 Å². The standard InChI is InChI=1S/C48H35N3/c1-6-16-36(17-7-1)37-26-28-42(29-27-37)50(40-22-12-4-13-23-40)44-31-33-46-45-32-30-43(34-47(45)51(48(46)35-44)41-24-14-5-15-25-41)49(38-18-8-2-9-19-38)39-20-10-3-11-21-39/h1-35H. The number of hydrogen-bond donors (Lipinski definition) is 0. The van der Waals surface area contributed by atoms with E-state index in [1.54, 1.807) is 0 Å². The number of rotatable bonds is 8. The molecule has 3 nitrogen and oxygen atoms in total. The summed E-state index contributed by atoms with van der Waals surface area (Å²) in [6, 6.07) is 75.7. The van der Waals surface area contributed by atoms with E-state index in [-0.39, 0.29) is 0 Å². The number of fused-ring (bicyclic) bond motifs is 3. The molecule has 9 aromatic rings. The molecule has 0 saturated heterocycles. The minimum atomic E-state index is 1.09. The van der Waals surface area contributed by atoms with Crippen LogP contribution in [-0.4, -0.2) is 4.57 Å². The van der Waals surface area contributed by atoms with Crippen LogP contribution in [-0.2, 0) is 0 Å². The van der Waals surface area contributed by atoms with Crippen molar-refractivity contribution < 1.29 is 0 Å². The Hall–Kier alpha value is -6.84. The third-order valence-corrected chi connectivity index (χ3v) is 9.54. The summed E-state index contributed by atoms with van der Waals surface area (Å²) in [6.07, 6.45) is 0. The van der Waals surface area contributed by atoms with E-state index in [0.717, 1.165) is 50.8 Å². The fraction of sp³-hybridized carbons (Fsp3) is 0. The van der Waals surface area contributed by atoms with E-state index in [0.29, 0.717) is 0 Å². The monoisotopic (exact) mass is 653 g/mol. The molecule has 0 amide bonds. The maximum Gasteiger partial charge on any atom is 0.0561 e. The molecule has 1 heterocycles. The second kappa shape index (κ2) is 13.2. The van der Waals surface area contributed by atoms with Crippen molar-refractivity contribution in [3.05, 3.63) is 212 Å². The number of anilines is 6. The first-order valence-electron chi connectivity index (χ1n) is 17.4. The quantitative estimate of drug-likeness (QED) is 0.162. The molecule has 0 saturated carbocycles. The van der Waals surface area contributed by atoms with Gasteiger partial charge in [-0.25, -0.2) is 0 Å². The summed E-state index contributed by atoms with van der Waals surface area (Å²) in [6.45, 7) is 0. The van der Waals surface area contributed by atoms with Crippen LogP contribution >= 0.6 is 0 Å². The van der Waals surface area contributed by atoms with E-state index < -0.39 is 0 Å². The molecule has 0 spiro atoms. The molecule has 0 unspecified atom stereocenters. The van der Waals surface area contributed by atoms with Crippen LogP contribution in [0.4, 0.5) is 34.1 Å². The van der Waals surface area contributed by atoms with Crippen molar-refractivity contribution in [3.63, 3.8) is 0 Å². The maximum atomic E-state index is 2.41. The zero-order valence-electron chi connectivity index (χ0n) is 28.0. The van der Waals surface area contributed by atoms with E-state index in [2.05, 4.69) is 227 Å². The van der Waals surface area contributed by atoms with Gasteiger partial charge in [-0.2, -0.15) is 0 Å². The molecule has 0 atom stereocenters. The van der Waals surface area contributed by atoms with Gasteiger partial charge in [-0.15, -0.1) is 0 Å². The highest BCUT2D eigenvalue weighted by Crippen LogP contribution is 2.42. The molecular formula is C48H35N3. The molecule has 0 bridgehead atoms. The molecule has 1 aromatic heterocycles. The second-order valence-electron chi connectivity index (χ2n) is 12.7. The van der Waals surface area contributed by atoms with Crippen LogP contribution in [0.3, 0.4) is 0 Å².